The van der Waals surface area contributed by atoms with Crippen LogP contribution in [-0.2, 0) is 14.2 Å². The van der Waals surface area contributed by atoms with Crippen LogP contribution in [0.4, 0.5) is 0 Å². The molecule has 2 fully saturated rings. The average Bonchev–Trinajstić information content (AvgIpc) is 3.46. The summed E-state index contributed by atoms with van der Waals surface area (Å²) in [6.07, 6.45) is 0.196. The Kier molecular flexibility index (Phi) is 4.40. The molecule has 2 aliphatic heterocycles. The van der Waals surface area contributed by atoms with Gasteiger partial charge < -0.3 is 14.2 Å². The molecule has 2 heterocycles. The van der Waals surface area contributed by atoms with Crippen molar-refractivity contribution in [3.8, 4) is 0 Å². The summed E-state index contributed by atoms with van der Waals surface area (Å²) in [6.45, 7) is 10.1. The van der Waals surface area contributed by atoms with Gasteiger partial charge in [0.05, 0.1) is 13.2 Å². The van der Waals surface area contributed by atoms with Gasteiger partial charge in [-0.1, -0.05) is 47.5 Å². The Hall–Kier alpha value is -1.68. The minimum atomic E-state index is -0.0472. The number of epoxide rings is 2. The average molecular weight is 338 g/mol. The van der Waals surface area contributed by atoms with E-state index in [0.29, 0.717) is 0 Å². The summed E-state index contributed by atoms with van der Waals surface area (Å²) in [5, 5.41) is 0. The first kappa shape index (κ1) is 16.8. The number of aryl methyl sites for hydroxylation is 4. The first-order valence-corrected chi connectivity index (χ1v) is 9.06. The fraction of sp³-hybridized carbons (Fsp3) is 0.455. The molecule has 3 nitrogen and oxygen atoms in total. The quantitative estimate of drug-likeness (QED) is 0.727. The summed E-state index contributed by atoms with van der Waals surface area (Å²) in [5.74, 6) is 0. The molecule has 0 radical (unpaired) electrons. The molecule has 0 N–H and O–H groups in total. The summed E-state index contributed by atoms with van der Waals surface area (Å²) in [5.41, 5.74) is 7.48. The monoisotopic (exact) mass is 338 g/mol. The molecule has 2 aromatic rings. The van der Waals surface area contributed by atoms with E-state index < -0.39 is 0 Å². The van der Waals surface area contributed by atoms with Crippen LogP contribution in [0.2, 0.25) is 0 Å². The third kappa shape index (κ3) is 3.64. The molecule has 0 aromatic heterocycles. The van der Waals surface area contributed by atoms with Gasteiger partial charge in [0.2, 0.25) is 0 Å². The molecule has 132 valence electrons. The van der Waals surface area contributed by atoms with Crippen molar-refractivity contribution < 1.29 is 14.2 Å². The van der Waals surface area contributed by atoms with Crippen LogP contribution in [0.5, 0.6) is 0 Å². The molecule has 2 saturated heterocycles. The summed E-state index contributed by atoms with van der Waals surface area (Å²) >= 11 is 0. The van der Waals surface area contributed by atoms with Gasteiger partial charge in [-0.15, -0.1) is 0 Å². The molecule has 0 saturated carbocycles. The predicted octanol–water partition coefficient (Wildman–Crippen LogP) is 4.52. The lowest BCUT2D eigenvalue weighted by Gasteiger charge is -2.26. The van der Waals surface area contributed by atoms with E-state index in [1.165, 1.54) is 33.4 Å². The second-order valence-electron chi connectivity index (χ2n) is 7.44. The molecular weight excluding hydrogens is 312 g/mol. The van der Waals surface area contributed by atoms with Gasteiger partial charge in [-0.3, -0.25) is 0 Å². The highest BCUT2D eigenvalue weighted by molar-refractivity contribution is 5.36. The molecule has 0 spiro atoms. The summed E-state index contributed by atoms with van der Waals surface area (Å²) < 4.78 is 18.0. The topological polar surface area (TPSA) is 34.3 Å². The zero-order valence-corrected chi connectivity index (χ0v) is 15.4. The van der Waals surface area contributed by atoms with E-state index in [1.807, 2.05) is 0 Å². The molecule has 2 aliphatic rings. The number of rotatable bonds is 6. The number of hydrogen-bond acceptors (Lipinski definition) is 3. The molecule has 0 bridgehead atoms. The van der Waals surface area contributed by atoms with Gasteiger partial charge in [-0.2, -0.15) is 0 Å². The molecule has 4 unspecified atom stereocenters. The first-order chi connectivity index (χ1) is 12.0. The van der Waals surface area contributed by atoms with E-state index in [0.717, 1.165) is 13.2 Å². The first-order valence-electron chi connectivity index (χ1n) is 9.06. The minimum Gasteiger partial charge on any atom is -0.370 e. The number of hydrogen-bond donors (Lipinski definition) is 0. The van der Waals surface area contributed by atoms with Crippen LogP contribution in [-0.4, -0.2) is 25.4 Å². The minimum absolute atomic E-state index is 0.0472. The molecular formula is C22H26O3. The van der Waals surface area contributed by atoms with Crippen molar-refractivity contribution in [2.75, 3.05) is 13.2 Å². The molecule has 0 aliphatic carbocycles. The van der Waals surface area contributed by atoms with Gasteiger partial charge in [-0.25, -0.2) is 0 Å². The van der Waals surface area contributed by atoms with Crippen LogP contribution in [0.1, 0.15) is 45.6 Å². The number of benzene rings is 2. The Bertz CT molecular complexity index is 709. The third-order valence-corrected chi connectivity index (χ3v) is 5.17. The van der Waals surface area contributed by atoms with E-state index in [-0.39, 0.29) is 24.4 Å². The van der Waals surface area contributed by atoms with Crippen LogP contribution in [0.25, 0.3) is 0 Å². The van der Waals surface area contributed by atoms with Gasteiger partial charge in [0, 0.05) is 0 Å². The van der Waals surface area contributed by atoms with Gasteiger partial charge >= 0.3 is 0 Å². The fourth-order valence-corrected chi connectivity index (χ4v) is 3.47. The third-order valence-electron chi connectivity index (χ3n) is 5.17. The Morgan fingerprint density at radius 2 is 1.16 bits per heavy atom. The highest BCUT2D eigenvalue weighted by atomic mass is 16.6. The van der Waals surface area contributed by atoms with E-state index in [9.17, 15) is 0 Å². The highest BCUT2D eigenvalue weighted by Crippen LogP contribution is 2.42. The Morgan fingerprint density at radius 1 is 0.760 bits per heavy atom. The molecule has 2 aromatic carbocycles. The lowest BCUT2D eigenvalue weighted by Crippen LogP contribution is -2.20. The lowest BCUT2D eigenvalue weighted by atomic mass is 9.96. The smallest absolute Gasteiger partial charge is 0.112 e. The maximum atomic E-state index is 6.69. The Morgan fingerprint density at radius 3 is 1.52 bits per heavy atom. The second-order valence-corrected chi connectivity index (χ2v) is 7.44. The maximum absolute atomic E-state index is 6.69. The predicted molar refractivity (Wildman–Crippen MR) is 97.9 cm³/mol. The van der Waals surface area contributed by atoms with E-state index in [2.05, 4.69) is 64.1 Å². The highest BCUT2D eigenvalue weighted by Gasteiger charge is 2.42. The van der Waals surface area contributed by atoms with Crippen molar-refractivity contribution in [2.24, 2.45) is 0 Å². The normalized spacial score (nSPS) is 24.0. The Balaban J connectivity index is 1.68. The second kappa shape index (κ2) is 6.56. The van der Waals surface area contributed by atoms with Crippen LogP contribution in [0.15, 0.2) is 36.4 Å². The van der Waals surface area contributed by atoms with Crippen molar-refractivity contribution in [1.29, 1.82) is 0 Å². The van der Waals surface area contributed by atoms with Gasteiger partial charge in [0.1, 0.15) is 24.4 Å². The Labute approximate surface area is 149 Å². The fourth-order valence-electron chi connectivity index (χ4n) is 3.47. The standard InChI is InChI=1S/C22H26O3/c1-13-5-7-15(3)17(9-13)21(19-11-23-19)25-22(20-12-24-20)18-10-14(2)6-8-16(18)4/h5-10,19-22H,11-12H2,1-4H3. The van der Waals surface area contributed by atoms with E-state index in [4.69, 9.17) is 14.2 Å². The van der Waals surface area contributed by atoms with Crippen molar-refractivity contribution in [3.05, 3.63) is 69.8 Å². The van der Waals surface area contributed by atoms with Gasteiger partial charge in [0.15, 0.2) is 0 Å². The SMILES string of the molecule is Cc1ccc(C)c(C(OC(c2cc(C)ccc2C)C2CO2)C2CO2)c1. The van der Waals surface area contributed by atoms with Crippen LogP contribution < -0.4 is 0 Å². The van der Waals surface area contributed by atoms with Crippen LogP contribution in [0, 0.1) is 27.7 Å². The summed E-state index contributed by atoms with van der Waals surface area (Å²) in [4.78, 5) is 0. The van der Waals surface area contributed by atoms with Crippen molar-refractivity contribution in [3.63, 3.8) is 0 Å². The zero-order valence-electron chi connectivity index (χ0n) is 15.4. The summed E-state index contributed by atoms with van der Waals surface area (Å²) in [6, 6.07) is 13.1. The van der Waals surface area contributed by atoms with Gasteiger partial charge in [0.25, 0.3) is 0 Å². The van der Waals surface area contributed by atoms with E-state index >= 15 is 0 Å². The lowest BCUT2D eigenvalue weighted by molar-refractivity contribution is -0.0425. The zero-order chi connectivity index (χ0) is 17.6. The molecule has 25 heavy (non-hydrogen) atoms. The maximum Gasteiger partial charge on any atom is 0.112 e. The van der Waals surface area contributed by atoms with Crippen LogP contribution >= 0.6 is 0 Å². The largest absolute Gasteiger partial charge is 0.370 e. The molecule has 4 atom stereocenters. The molecule has 0 amide bonds. The number of ether oxygens (including phenoxy) is 3. The van der Waals surface area contributed by atoms with Crippen molar-refractivity contribution in [2.45, 2.75) is 52.1 Å². The van der Waals surface area contributed by atoms with E-state index in [1.54, 1.807) is 0 Å². The van der Waals surface area contributed by atoms with Gasteiger partial charge in [-0.05, 0) is 49.9 Å². The van der Waals surface area contributed by atoms with Crippen molar-refractivity contribution in [1.82, 2.24) is 0 Å². The van der Waals surface area contributed by atoms with Crippen LogP contribution in [0.3, 0.4) is 0 Å². The molecule has 4 rings (SSSR count). The van der Waals surface area contributed by atoms with Crippen molar-refractivity contribution >= 4 is 0 Å². The summed E-state index contributed by atoms with van der Waals surface area (Å²) in [7, 11) is 0. The molecule has 3 heteroatoms.